The van der Waals surface area contributed by atoms with Crippen LogP contribution in [0.1, 0.15) is 28.4 Å². The molecule has 0 heterocycles. The van der Waals surface area contributed by atoms with Gasteiger partial charge in [-0.15, -0.1) is 0 Å². The molecule has 0 radical (unpaired) electrons. The topological polar surface area (TPSA) is 69.6 Å². The summed E-state index contributed by atoms with van der Waals surface area (Å²) in [6, 6.07) is 5.31. The van der Waals surface area contributed by atoms with Crippen molar-refractivity contribution in [3.63, 3.8) is 0 Å². The van der Waals surface area contributed by atoms with Gasteiger partial charge in [-0.25, -0.2) is 4.79 Å². The molecule has 0 spiro atoms. The van der Waals surface area contributed by atoms with Crippen LogP contribution in [0.2, 0.25) is 0 Å². The molecule has 114 valence electrons. The minimum atomic E-state index is -1.01. The van der Waals surface area contributed by atoms with Crippen LogP contribution in [0.15, 0.2) is 24.3 Å². The zero-order chi connectivity index (χ0) is 15.8. The van der Waals surface area contributed by atoms with E-state index in [0.29, 0.717) is 17.7 Å². The average Bonchev–Trinajstić information content (AvgIpc) is 2.44. The Morgan fingerprint density at radius 3 is 2.67 bits per heavy atom. The molecule has 0 saturated carbocycles. The van der Waals surface area contributed by atoms with Crippen molar-refractivity contribution in [1.82, 2.24) is 10.2 Å². The normalized spacial score (nSPS) is 11.0. The Bertz CT molecular complexity index is 538. The third kappa shape index (κ3) is 6.23. The summed E-state index contributed by atoms with van der Waals surface area (Å²) in [5, 5.41) is 11.5. The number of carbonyl (C=O) groups is 2. The maximum atomic E-state index is 12.1. The van der Waals surface area contributed by atoms with Crippen molar-refractivity contribution in [2.24, 2.45) is 0 Å². The van der Waals surface area contributed by atoms with Gasteiger partial charge in [-0.3, -0.25) is 4.79 Å². The van der Waals surface area contributed by atoms with E-state index in [1.165, 1.54) is 6.08 Å². The fourth-order valence-electron chi connectivity index (χ4n) is 1.83. The fraction of sp³-hybridized carbons (Fsp3) is 0.375. The van der Waals surface area contributed by atoms with Crippen molar-refractivity contribution < 1.29 is 14.7 Å². The standard InChI is InChI=1S/C16H22N2O3/c1-4-18(3)8-7-17-16(21)14-10-12(2)9-13(11-14)5-6-15(19)20/h5-6,9-11H,4,7-8H2,1-3H3,(H,17,21)(H,19,20)/b6-5+. The molecule has 5 heteroatoms. The van der Waals surface area contributed by atoms with E-state index in [2.05, 4.69) is 17.1 Å². The van der Waals surface area contributed by atoms with Gasteiger partial charge in [-0.2, -0.15) is 0 Å². The van der Waals surface area contributed by atoms with Gasteiger partial charge in [0.2, 0.25) is 0 Å². The number of hydrogen-bond acceptors (Lipinski definition) is 3. The Labute approximate surface area is 125 Å². The van der Waals surface area contributed by atoms with Crippen molar-refractivity contribution >= 4 is 18.0 Å². The monoisotopic (exact) mass is 290 g/mol. The zero-order valence-corrected chi connectivity index (χ0v) is 12.7. The summed E-state index contributed by atoms with van der Waals surface area (Å²) in [6.07, 6.45) is 2.55. The van der Waals surface area contributed by atoms with Crippen molar-refractivity contribution in [3.8, 4) is 0 Å². The van der Waals surface area contributed by atoms with E-state index in [0.717, 1.165) is 24.7 Å². The summed E-state index contributed by atoms with van der Waals surface area (Å²) in [4.78, 5) is 24.7. The highest BCUT2D eigenvalue weighted by Gasteiger charge is 2.07. The van der Waals surface area contributed by atoms with Crippen LogP contribution >= 0.6 is 0 Å². The van der Waals surface area contributed by atoms with Crippen molar-refractivity contribution in [1.29, 1.82) is 0 Å². The molecular formula is C16H22N2O3. The second kappa shape index (κ2) is 8.21. The second-order valence-corrected chi connectivity index (χ2v) is 4.96. The maximum absolute atomic E-state index is 12.1. The van der Waals surface area contributed by atoms with E-state index in [1.807, 2.05) is 20.0 Å². The molecule has 1 amide bonds. The Hall–Kier alpha value is -2.14. The van der Waals surface area contributed by atoms with Gasteiger partial charge < -0.3 is 15.3 Å². The third-order valence-electron chi connectivity index (χ3n) is 3.10. The summed E-state index contributed by atoms with van der Waals surface area (Å²) in [6.45, 7) is 6.24. The van der Waals surface area contributed by atoms with Gasteiger partial charge in [0.25, 0.3) is 5.91 Å². The fourth-order valence-corrected chi connectivity index (χ4v) is 1.83. The summed E-state index contributed by atoms with van der Waals surface area (Å²) in [5.41, 5.74) is 2.16. The molecular weight excluding hydrogens is 268 g/mol. The molecule has 0 unspecified atom stereocenters. The second-order valence-electron chi connectivity index (χ2n) is 4.96. The molecule has 2 N–H and O–H groups in total. The molecule has 1 aromatic rings. The number of likely N-dealkylation sites (N-methyl/N-ethyl adjacent to an activating group) is 1. The first-order valence-corrected chi connectivity index (χ1v) is 6.91. The quantitative estimate of drug-likeness (QED) is 0.751. The molecule has 0 aliphatic rings. The highest BCUT2D eigenvalue weighted by atomic mass is 16.4. The van der Waals surface area contributed by atoms with E-state index in [1.54, 1.807) is 12.1 Å². The van der Waals surface area contributed by atoms with Crippen LogP contribution in [0.3, 0.4) is 0 Å². The van der Waals surface area contributed by atoms with E-state index in [-0.39, 0.29) is 5.91 Å². The van der Waals surface area contributed by atoms with E-state index in [4.69, 9.17) is 5.11 Å². The van der Waals surface area contributed by atoms with Crippen LogP contribution < -0.4 is 5.32 Å². The van der Waals surface area contributed by atoms with Gasteiger partial charge in [0.1, 0.15) is 0 Å². The maximum Gasteiger partial charge on any atom is 0.328 e. The molecule has 0 fully saturated rings. The lowest BCUT2D eigenvalue weighted by Gasteiger charge is -2.14. The predicted molar refractivity (Wildman–Crippen MR) is 83.4 cm³/mol. The molecule has 21 heavy (non-hydrogen) atoms. The molecule has 0 aliphatic carbocycles. The molecule has 0 aliphatic heterocycles. The SMILES string of the molecule is CCN(C)CCNC(=O)c1cc(C)cc(/C=C/C(=O)O)c1. The van der Waals surface area contributed by atoms with Crippen LogP contribution in [0.5, 0.6) is 0 Å². The Kier molecular flexibility index (Phi) is 6.62. The summed E-state index contributed by atoms with van der Waals surface area (Å²) in [5.74, 6) is -1.15. The third-order valence-corrected chi connectivity index (χ3v) is 3.10. The number of nitrogens with zero attached hydrogens (tertiary/aromatic N) is 1. The molecule has 1 rings (SSSR count). The summed E-state index contributed by atoms with van der Waals surface area (Å²) < 4.78 is 0. The summed E-state index contributed by atoms with van der Waals surface area (Å²) in [7, 11) is 1.99. The highest BCUT2D eigenvalue weighted by molar-refractivity contribution is 5.95. The van der Waals surface area contributed by atoms with E-state index >= 15 is 0 Å². The van der Waals surface area contributed by atoms with Crippen LogP contribution in [0.25, 0.3) is 6.08 Å². The number of hydrogen-bond donors (Lipinski definition) is 2. The molecule has 1 aromatic carbocycles. The highest BCUT2D eigenvalue weighted by Crippen LogP contribution is 2.11. The minimum Gasteiger partial charge on any atom is -0.478 e. The largest absolute Gasteiger partial charge is 0.478 e. The average molecular weight is 290 g/mol. The molecule has 0 saturated heterocycles. The van der Waals surface area contributed by atoms with Gasteiger partial charge in [0.15, 0.2) is 0 Å². The molecule has 0 aromatic heterocycles. The van der Waals surface area contributed by atoms with Crippen LogP contribution in [0.4, 0.5) is 0 Å². The van der Waals surface area contributed by atoms with E-state index in [9.17, 15) is 9.59 Å². The van der Waals surface area contributed by atoms with Gasteiger partial charge in [0, 0.05) is 24.7 Å². The van der Waals surface area contributed by atoms with Crippen molar-refractivity contribution in [3.05, 3.63) is 41.0 Å². The first-order chi connectivity index (χ1) is 9.92. The summed E-state index contributed by atoms with van der Waals surface area (Å²) >= 11 is 0. The lowest BCUT2D eigenvalue weighted by molar-refractivity contribution is -0.131. The number of aliphatic carboxylic acids is 1. The number of aryl methyl sites for hydroxylation is 1. The lowest BCUT2D eigenvalue weighted by Crippen LogP contribution is -2.32. The number of amides is 1. The molecule has 0 bridgehead atoms. The van der Waals surface area contributed by atoms with Crippen LogP contribution in [-0.4, -0.2) is 48.6 Å². The Morgan fingerprint density at radius 2 is 2.05 bits per heavy atom. The molecule has 0 atom stereocenters. The van der Waals surface area contributed by atoms with E-state index < -0.39 is 5.97 Å². The Morgan fingerprint density at radius 1 is 1.33 bits per heavy atom. The number of carboxylic acids is 1. The number of carboxylic acid groups (broad SMARTS) is 1. The first kappa shape index (κ1) is 16.9. The predicted octanol–water partition coefficient (Wildman–Crippen LogP) is 1.77. The van der Waals surface area contributed by atoms with Gasteiger partial charge in [-0.05, 0) is 49.9 Å². The molecule has 5 nitrogen and oxygen atoms in total. The van der Waals surface area contributed by atoms with Crippen molar-refractivity contribution in [2.75, 3.05) is 26.7 Å². The minimum absolute atomic E-state index is 0.145. The van der Waals surface area contributed by atoms with Crippen molar-refractivity contribution in [2.45, 2.75) is 13.8 Å². The number of carbonyl (C=O) groups excluding carboxylic acids is 1. The van der Waals surface area contributed by atoms with Gasteiger partial charge in [0.05, 0.1) is 0 Å². The van der Waals surface area contributed by atoms with Crippen LogP contribution in [-0.2, 0) is 4.79 Å². The number of benzene rings is 1. The lowest BCUT2D eigenvalue weighted by atomic mass is 10.1. The smallest absolute Gasteiger partial charge is 0.328 e. The van der Waals surface area contributed by atoms with Gasteiger partial charge in [-0.1, -0.05) is 13.0 Å². The zero-order valence-electron chi connectivity index (χ0n) is 12.7. The first-order valence-electron chi connectivity index (χ1n) is 6.91. The number of rotatable bonds is 7. The number of nitrogens with one attached hydrogen (secondary N) is 1. The Balaban J connectivity index is 2.73. The van der Waals surface area contributed by atoms with Crippen LogP contribution in [0, 0.1) is 6.92 Å². The van der Waals surface area contributed by atoms with Gasteiger partial charge >= 0.3 is 5.97 Å².